The van der Waals surface area contributed by atoms with E-state index in [-0.39, 0.29) is 31.1 Å². The second kappa shape index (κ2) is 7.69. The van der Waals surface area contributed by atoms with E-state index in [9.17, 15) is 14.4 Å². The first-order valence-corrected chi connectivity index (χ1v) is 8.02. The number of oxazole rings is 1. The van der Waals surface area contributed by atoms with Gasteiger partial charge < -0.3 is 13.9 Å². The monoisotopic (exact) mass is 355 g/mol. The molecule has 26 heavy (non-hydrogen) atoms. The van der Waals surface area contributed by atoms with Gasteiger partial charge in [-0.25, -0.2) is 4.79 Å². The van der Waals surface area contributed by atoms with Crippen molar-refractivity contribution in [2.75, 3.05) is 13.2 Å². The summed E-state index contributed by atoms with van der Waals surface area (Å²) in [5, 5.41) is 0. The molecule has 0 aliphatic heterocycles. The van der Waals surface area contributed by atoms with Crippen molar-refractivity contribution in [3.05, 3.63) is 64.6 Å². The highest BCUT2D eigenvalue weighted by Crippen LogP contribution is 2.15. The molecule has 0 atom stereocenters. The van der Waals surface area contributed by atoms with Crippen LogP contribution >= 0.6 is 0 Å². The molecule has 1 heterocycles. The molecular weight excluding hydrogens is 338 g/mol. The molecule has 0 saturated carbocycles. The number of aromatic nitrogens is 1. The van der Waals surface area contributed by atoms with Gasteiger partial charge in [-0.15, -0.1) is 0 Å². The number of hydrogen-bond donors (Lipinski definition) is 0. The summed E-state index contributed by atoms with van der Waals surface area (Å²) >= 11 is 0. The zero-order valence-electron chi connectivity index (χ0n) is 14.1. The molecule has 0 amide bonds. The summed E-state index contributed by atoms with van der Waals surface area (Å²) in [7, 11) is 0. The van der Waals surface area contributed by atoms with Gasteiger partial charge in [0.1, 0.15) is 25.5 Å². The van der Waals surface area contributed by atoms with Gasteiger partial charge in [0, 0.05) is 5.56 Å². The molecule has 7 nitrogen and oxygen atoms in total. The standard InChI is InChI=1S/C19H17NO6/c1-13(21)14-7-8-16-17(11-14)26-19(23)20(16)12-18(22)25-10-9-24-15-5-3-2-4-6-15/h2-8,11H,9-10,12H2,1H3. The highest BCUT2D eigenvalue weighted by atomic mass is 16.6. The summed E-state index contributed by atoms with van der Waals surface area (Å²) < 4.78 is 16.8. The smallest absolute Gasteiger partial charge is 0.420 e. The lowest BCUT2D eigenvalue weighted by molar-refractivity contribution is -0.145. The fraction of sp³-hybridized carbons (Fsp3) is 0.211. The van der Waals surface area contributed by atoms with Crippen LogP contribution in [0.15, 0.2) is 57.7 Å². The van der Waals surface area contributed by atoms with Crippen LogP contribution in [0.4, 0.5) is 0 Å². The maximum absolute atomic E-state index is 12.0. The van der Waals surface area contributed by atoms with Crippen LogP contribution in [0.5, 0.6) is 5.75 Å². The molecule has 0 spiro atoms. The van der Waals surface area contributed by atoms with Crippen LogP contribution < -0.4 is 10.5 Å². The van der Waals surface area contributed by atoms with E-state index in [1.807, 2.05) is 18.2 Å². The molecule has 134 valence electrons. The largest absolute Gasteiger partial charge is 0.490 e. The highest BCUT2D eigenvalue weighted by molar-refractivity contribution is 5.97. The number of nitrogens with zero attached hydrogens (tertiary/aromatic N) is 1. The average molecular weight is 355 g/mol. The van der Waals surface area contributed by atoms with E-state index in [0.29, 0.717) is 16.8 Å². The Balaban J connectivity index is 1.59. The van der Waals surface area contributed by atoms with Crippen LogP contribution in [0.2, 0.25) is 0 Å². The zero-order chi connectivity index (χ0) is 18.5. The van der Waals surface area contributed by atoms with Gasteiger partial charge in [0.25, 0.3) is 0 Å². The van der Waals surface area contributed by atoms with Crippen LogP contribution in [0.25, 0.3) is 11.1 Å². The van der Waals surface area contributed by atoms with E-state index >= 15 is 0 Å². The van der Waals surface area contributed by atoms with Gasteiger partial charge in [-0.1, -0.05) is 18.2 Å². The van der Waals surface area contributed by atoms with Crippen molar-refractivity contribution in [3.63, 3.8) is 0 Å². The normalized spacial score (nSPS) is 10.7. The number of para-hydroxylation sites is 1. The van der Waals surface area contributed by atoms with E-state index in [0.717, 1.165) is 0 Å². The summed E-state index contributed by atoms with van der Waals surface area (Å²) in [4.78, 5) is 35.3. The van der Waals surface area contributed by atoms with E-state index < -0.39 is 11.7 Å². The Labute approximate surface area is 148 Å². The Bertz CT molecular complexity index is 986. The van der Waals surface area contributed by atoms with E-state index in [1.165, 1.54) is 17.6 Å². The molecular formula is C19H17NO6. The molecule has 3 aromatic rings. The maximum atomic E-state index is 12.0. The van der Waals surface area contributed by atoms with Gasteiger partial charge in [0.15, 0.2) is 11.4 Å². The maximum Gasteiger partial charge on any atom is 0.420 e. The SMILES string of the molecule is CC(=O)c1ccc2c(c1)oc(=O)n2CC(=O)OCCOc1ccccc1. The third kappa shape index (κ3) is 4.00. The lowest BCUT2D eigenvalue weighted by Crippen LogP contribution is -2.23. The van der Waals surface area contributed by atoms with Gasteiger partial charge >= 0.3 is 11.7 Å². The zero-order valence-corrected chi connectivity index (χ0v) is 14.1. The molecule has 2 aromatic carbocycles. The number of benzene rings is 2. The minimum absolute atomic E-state index is 0.0622. The molecule has 0 saturated heterocycles. The van der Waals surface area contributed by atoms with Crippen LogP contribution in [0.1, 0.15) is 17.3 Å². The molecule has 0 N–H and O–H groups in total. The Kier molecular flexibility index (Phi) is 5.17. The predicted molar refractivity (Wildman–Crippen MR) is 93.4 cm³/mol. The number of carbonyl (C=O) groups excluding carboxylic acids is 2. The first-order valence-electron chi connectivity index (χ1n) is 8.02. The quantitative estimate of drug-likeness (QED) is 0.367. The molecule has 0 aliphatic carbocycles. The molecule has 1 aromatic heterocycles. The second-order valence-corrected chi connectivity index (χ2v) is 5.57. The summed E-state index contributed by atoms with van der Waals surface area (Å²) in [6.45, 7) is 1.41. The summed E-state index contributed by atoms with van der Waals surface area (Å²) in [5.74, 6) is -0.720. The molecule has 0 radical (unpaired) electrons. The number of fused-ring (bicyclic) bond motifs is 1. The van der Waals surface area contributed by atoms with Gasteiger partial charge in [-0.05, 0) is 37.3 Å². The molecule has 0 fully saturated rings. The minimum atomic E-state index is -0.682. The number of ketones is 1. The second-order valence-electron chi connectivity index (χ2n) is 5.57. The predicted octanol–water partition coefficient (Wildman–Crippen LogP) is 2.42. The lowest BCUT2D eigenvalue weighted by Gasteiger charge is -2.07. The van der Waals surface area contributed by atoms with Crippen molar-refractivity contribution in [3.8, 4) is 5.75 Å². The number of ether oxygens (including phenoxy) is 2. The minimum Gasteiger partial charge on any atom is -0.490 e. The average Bonchev–Trinajstić information content (AvgIpc) is 2.94. The van der Waals surface area contributed by atoms with Crippen molar-refractivity contribution < 1.29 is 23.5 Å². The first-order chi connectivity index (χ1) is 12.5. The molecule has 0 bridgehead atoms. The third-order valence-corrected chi connectivity index (χ3v) is 3.72. The van der Waals surface area contributed by atoms with Crippen molar-refractivity contribution in [2.45, 2.75) is 13.5 Å². The van der Waals surface area contributed by atoms with Crippen LogP contribution in [-0.4, -0.2) is 29.5 Å². The fourth-order valence-electron chi connectivity index (χ4n) is 2.44. The van der Waals surface area contributed by atoms with E-state index in [1.54, 1.807) is 24.3 Å². The number of Topliss-reactive ketones (excluding diaryl/α,β-unsaturated/α-hetero) is 1. The summed E-state index contributed by atoms with van der Waals surface area (Å²) in [6.07, 6.45) is 0. The van der Waals surface area contributed by atoms with Crippen LogP contribution in [-0.2, 0) is 16.1 Å². The Morgan fingerprint density at radius 3 is 2.58 bits per heavy atom. The van der Waals surface area contributed by atoms with Crippen molar-refractivity contribution in [2.24, 2.45) is 0 Å². The molecule has 0 aliphatic rings. The van der Waals surface area contributed by atoms with Crippen molar-refractivity contribution in [1.82, 2.24) is 4.57 Å². The molecule has 0 unspecified atom stereocenters. The highest BCUT2D eigenvalue weighted by Gasteiger charge is 2.14. The molecule has 7 heteroatoms. The third-order valence-electron chi connectivity index (χ3n) is 3.72. The van der Waals surface area contributed by atoms with Gasteiger partial charge in [0.05, 0.1) is 5.52 Å². The number of esters is 1. The Hall–Kier alpha value is -3.35. The number of hydrogen-bond acceptors (Lipinski definition) is 6. The van der Waals surface area contributed by atoms with Gasteiger partial charge in [-0.2, -0.15) is 0 Å². The Morgan fingerprint density at radius 1 is 1.08 bits per heavy atom. The van der Waals surface area contributed by atoms with Crippen LogP contribution in [0, 0.1) is 0 Å². The van der Waals surface area contributed by atoms with Gasteiger partial charge in [-0.3, -0.25) is 14.2 Å². The first kappa shape index (κ1) is 17.5. The lowest BCUT2D eigenvalue weighted by atomic mass is 10.1. The Morgan fingerprint density at radius 2 is 1.85 bits per heavy atom. The fourth-order valence-corrected chi connectivity index (χ4v) is 2.44. The van der Waals surface area contributed by atoms with Crippen LogP contribution in [0.3, 0.4) is 0 Å². The van der Waals surface area contributed by atoms with Crippen molar-refractivity contribution in [1.29, 1.82) is 0 Å². The van der Waals surface area contributed by atoms with E-state index in [2.05, 4.69) is 0 Å². The summed E-state index contributed by atoms with van der Waals surface area (Å²) in [6, 6.07) is 13.8. The van der Waals surface area contributed by atoms with Gasteiger partial charge in [0.2, 0.25) is 0 Å². The molecule has 3 rings (SSSR count). The van der Waals surface area contributed by atoms with Crippen molar-refractivity contribution >= 4 is 22.9 Å². The summed E-state index contributed by atoms with van der Waals surface area (Å²) in [5.41, 5.74) is 1.11. The number of rotatable bonds is 7. The number of carbonyl (C=O) groups is 2. The topological polar surface area (TPSA) is 87.7 Å². The van der Waals surface area contributed by atoms with E-state index in [4.69, 9.17) is 13.9 Å².